The summed E-state index contributed by atoms with van der Waals surface area (Å²) < 4.78 is 28.8. The van der Waals surface area contributed by atoms with Gasteiger partial charge in [-0.1, -0.05) is 12.1 Å². The third-order valence-corrected chi connectivity index (χ3v) is 4.61. The number of ether oxygens (including phenoxy) is 1. The van der Waals surface area contributed by atoms with Crippen molar-refractivity contribution < 1.29 is 13.2 Å². The number of nitrogens with one attached hydrogen (secondary N) is 1. The zero-order valence-corrected chi connectivity index (χ0v) is 14.0. The van der Waals surface area contributed by atoms with Crippen LogP contribution in [0.3, 0.4) is 0 Å². The molecule has 3 aromatic rings. The van der Waals surface area contributed by atoms with Crippen LogP contribution in [-0.2, 0) is 16.3 Å². The van der Waals surface area contributed by atoms with Crippen molar-refractivity contribution in [2.45, 2.75) is 11.3 Å². The van der Waals surface area contributed by atoms with E-state index in [1.165, 1.54) is 6.26 Å². The zero-order chi connectivity index (χ0) is 17.0. The first-order chi connectivity index (χ1) is 11.5. The van der Waals surface area contributed by atoms with Crippen molar-refractivity contribution in [2.75, 3.05) is 12.9 Å². The van der Waals surface area contributed by atoms with Crippen molar-refractivity contribution in [3.8, 4) is 17.1 Å². The topological polar surface area (TPSA) is 84.9 Å². The van der Waals surface area contributed by atoms with Gasteiger partial charge in [-0.2, -0.15) is 5.10 Å². The fourth-order valence-corrected chi connectivity index (χ4v) is 2.93. The first kappa shape index (κ1) is 16.2. The molecule has 0 aliphatic rings. The van der Waals surface area contributed by atoms with Gasteiger partial charge in [-0.25, -0.2) is 8.42 Å². The summed E-state index contributed by atoms with van der Waals surface area (Å²) in [5.74, 6) is 0.664. The van der Waals surface area contributed by atoms with Crippen LogP contribution in [0.25, 0.3) is 11.4 Å². The lowest BCUT2D eigenvalue weighted by Crippen LogP contribution is -2.03. The van der Waals surface area contributed by atoms with Crippen LogP contribution in [0.1, 0.15) is 5.56 Å². The molecule has 0 spiro atoms. The van der Waals surface area contributed by atoms with Gasteiger partial charge in [-0.3, -0.25) is 10.1 Å². The zero-order valence-electron chi connectivity index (χ0n) is 13.1. The second-order valence-corrected chi connectivity index (χ2v) is 7.38. The first-order valence-corrected chi connectivity index (χ1v) is 9.29. The summed E-state index contributed by atoms with van der Waals surface area (Å²) in [5.41, 5.74) is 2.56. The molecule has 0 saturated heterocycles. The van der Waals surface area contributed by atoms with Crippen LogP contribution in [0.15, 0.2) is 59.8 Å². The lowest BCUT2D eigenvalue weighted by atomic mass is 10.2. The molecular formula is C17H17N3O3S. The Kier molecular flexibility index (Phi) is 4.61. The van der Waals surface area contributed by atoms with Crippen LogP contribution >= 0.6 is 0 Å². The minimum Gasteiger partial charge on any atom is -0.492 e. The van der Waals surface area contributed by atoms with Gasteiger partial charge in [0.05, 0.1) is 29.1 Å². The molecule has 0 atom stereocenters. The third kappa shape index (κ3) is 3.99. The molecule has 0 aliphatic heterocycles. The van der Waals surface area contributed by atoms with Crippen LogP contribution in [0.5, 0.6) is 5.75 Å². The second-order valence-electron chi connectivity index (χ2n) is 5.37. The van der Waals surface area contributed by atoms with Crippen molar-refractivity contribution >= 4 is 9.84 Å². The van der Waals surface area contributed by atoms with Gasteiger partial charge in [0.1, 0.15) is 5.75 Å². The molecule has 6 nitrogen and oxygen atoms in total. The largest absolute Gasteiger partial charge is 0.492 e. The molecule has 2 heterocycles. The van der Waals surface area contributed by atoms with Gasteiger partial charge in [-0.05, 0) is 35.9 Å². The summed E-state index contributed by atoms with van der Waals surface area (Å²) in [5, 5.41) is 6.74. The Labute approximate surface area is 140 Å². The predicted molar refractivity (Wildman–Crippen MR) is 90.6 cm³/mol. The molecule has 0 aliphatic carbocycles. The summed E-state index contributed by atoms with van der Waals surface area (Å²) in [6.07, 6.45) is 5.15. The Morgan fingerprint density at radius 1 is 1.17 bits per heavy atom. The van der Waals surface area contributed by atoms with E-state index < -0.39 is 9.84 Å². The van der Waals surface area contributed by atoms with E-state index in [-0.39, 0.29) is 0 Å². The Morgan fingerprint density at radius 2 is 2.04 bits per heavy atom. The molecule has 7 heteroatoms. The number of H-pyrrole nitrogens is 1. The Balaban J connectivity index is 1.59. The summed E-state index contributed by atoms with van der Waals surface area (Å²) >= 11 is 0. The van der Waals surface area contributed by atoms with E-state index in [4.69, 9.17) is 4.74 Å². The normalized spacial score (nSPS) is 11.4. The number of sulfone groups is 1. The molecule has 0 amide bonds. The van der Waals surface area contributed by atoms with Gasteiger partial charge in [0, 0.05) is 18.9 Å². The lowest BCUT2D eigenvalue weighted by Gasteiger charge is -2.07. The minimum atomic E-state index is -3.19. The number of aromatic amines is 1. The van der Waals surface area contributed by atoms with Gasteiger partial charge in [0.15, 0.2) is 9.84 Å². The van der Waals surface area contributed by atoms with E-state index in [2.05, 4.69) is 15.2 Å². The highest BCUT2D eigenvalue weighted by Crippen LogP contribution is 2.17. The summed E-state index contributed by atoms with van der Waals surface area (Å²) in [6.45, 7) is 0.443. The van der Waals surface area contributed by atoms with E-state index in [0.29, 0.717) is 23.7 Å². The number of benzene rings is 1. The molecule has 2 aromatic heterocycles. The monoisotopic (exact) mass is 343 g/mol. The van der Waals surface area contributed by atoms with Crippen LogP contribution < -0.4 is 4.74 Å². The van der Waals surface area contributed by atoms with Crippen molar-refractivity contribution in [3.63, 3.8) is 0 Å². The van der Waals surface area contributed by atoms with Crippen LogP contribution in [0, 0.1) is 0 Å². The minimum absolute atomic E-state index is 0.325. The van der Waals surface area contributed by atoms with Crippen LogP contribution in [0.4, 0.5) is 0 Å². The molecule has 3 rings (SSSR count). The van der Waals surface area contributed by atoms with Crippen molar-refractivity contribution in [2.24, 2.45) is 0 Å². The fourth-order valence-electron chi connectivity index (χ4n) is 2.24. The first-order valence-electron chi connectivity index (χ1n) is 7.40. The average Bonchev–Trinajstić information content (AvgIpc) is 3.10. The van der Waals surface area contributed by atoms with E-state index in [0.717, 1.165) is 17.0 Å². The summed E-state index contributed by atoms with van der Waals surface area (Å²) in [4.78, 5) is 4.64. The van der Waals surface area contributed by atoms with Crippen molar-refractivity contribution in [1.29, 1.82) is 0 Å². The maximum Gasteiger partial charge on any atom is 0.175 e. The quantitative estimate of drug-likeness (QED) is 0.743. The van der Waals surface area contributed by atoms with Gasteiger partial charge < -0.3 is 4.74 Å². The number of pyridine rings is 1. The molecule has 124 valence electrons. The van der Waals surface area contributed by atoms with Crippen molar-refractivity contribution in [3.05, 3.63) is 60.4 Å². The lowest BCUT2D eigenvalue weighted by molar-refractivity contribution is 0.320. The molecular weight excluding hydrogens is 326 g/mol. The molecule has 0 radical (unpaired) electrons. The molecule has 0 saturated carbocycles. The standard InChI is InChI=1S/C17H17N3O3S/c1-24(21,22)15-4-2-3-13(11-15)8-10-23-14-5-6-16(18-12-14)17-7-9-19-20-17/h2-7,9,11-12H,8,10H2,1H3,(H,19,20). The SMILES string of the molecule is CS(=O)(=O)c1cccc(CCOc2ccc(-c3ccn[nH]3)nc2)c1. The summed E-state index contributed by atoms with van der Waals surface area (Å²) in [7, 11) is -3.19. The molecule has 0 fully saturated rings. The van der Waals surface area contributed by atoms with Gasteiger partial charge in [0.25, 0.3) is 0 Å². The highest BCUT2D eigenvalue weighted by molar-refractivity contribution is 7.90. The second kappa shape index (κ2) is 6.84. The number of hydrogen-bond acceptors (Lipinski definition) is 5. The molecule has 0 unspecified atom stereocenters. The smallest absolute Gasteiger partial charge is 0.175 e. The fraction of sp³-hybridized carbons (Fsp3) is 0.176. The van der Waals surface area contributed by atoms with E-state index in [1.807, 2.05) is 24.3 Å². The maximum atomic E-state index is 11.6. The van der Waals surface area contributed by atoms with Crippen LogP contribution in [0.2, 0.25) is 0 Å². The maximum absolute atomic E-state index is 11.6. The van der Waals surface area contributed by atoms with E-state index in [1.54, 1.807) is 30.6 Å². The average molecular weight is 343 g/mol. The number of nitrogens with zero attached hydrogens (tertiary/aromatic N) is 2. The number of hydrogen-bond donors (Lipinski definition) is 1. The summed E-state index contributed by atoms with van der Waals surface area (Å²) in [6, 6.07) is 12.4. The predicted octanol–water partition coefficient (Wildman–Crippen LogP) is 2.50. The Morgan fingerprint density at radius 3 is 2.71 bits per heavy atom. The number of rotatable bonds is 6. The highest BCUT2D eigenvalue weighted by Gasteiger charge is 2.07. The van der Waals surface area contributed by atoms with E-state index >= 15 is 0 Å². The van der Waals surface area contributed by atoms with Gasteiger partial charge >= 0.3 is 0 Å². The number of aromatic nitrogens is 3. The molecule has 1 aromatic carbocycles. The van der Waals surface area contributed by atoms with Gasteiger partial charge in [0.2, 0.25) is 0 Å². The Bertz CT molecular complexity index is 905. The van der Waals surface area contributed by atoms with Crippen molar-refractivity contribution in [1.82, 2.24) is 15.2 Å². The highest BCUT2D eigenvalue weighted by atomic mass is 32.2. The molecule has 24 heavy (non-hydrogen) atoms. The Hall–Kier alpha value is -2.67. The van der Waals surface area contributed by atoms with Crippen LogP contribution in [-0.4, -0.2) is 36.5 Å². The molecule has 0 bridgehead atoms. The van der Waals surface area contributed by atoms with E-state index in [9.17, 15) is 8.42 Å². The van der Waals surface area contributed by atoms with Gasteiger partial charge in [-0.15, -0.1) is 0 Å². The third-order valence-electron chi connectivity index (χ3n) is 3.50. The molecule has 1 N–H and O–H groups in total.